The van der Waals surface area contributed by atoms with Gasteiger partial charge in [-0.3, -0.25) is 4.98 Å². The Morgan fingerprint density at radius 3 is 2.86 bits per heavy atom. The zero-order chi connectivity index (χ0) is 15.1. The van der Waals surface area contributed by atoms with Gasteiger partial charge in [-0.05, 0) is 18.6 Å². The normalized spacial score (nSPS) is 11.8. The van der Waals surface area contributed by atoms with E-state index in [0.29, 0.717) is 31.1 Å². The number of hydrogen-bond acceptors (Lipinski definition) is 5. The van der Waals surface area contributed by atoms with Crippen molar-refractivity contribution in [3.63, 3.8) is 0 Å². The number of rotatable bonds is 7. The van der Waals surface area contributed by atoms with Crippen molar-refractivity contribution in [1.29, 1.82) is 0 Å². The Bertz CT molecular complexity index is 629. The molecule has 6 heteroatoms. The van der Waals surface area contributed by atoms with Crippen LogP contribution in [0, 0.1) is 0 Å². The Hall–Kier alpha value is -2.34. The quantitative estimate of drug-likeness (QED) is 0.268. The summed E-state index contributed by atoms with van der Waals surface area (Å²) in [5.41, 5.74) is 6.94. The molecule has 0 aliphatic carbocycles. The van der Waals surface area contributed by atoms with Crippen molar-refractivity contribution in [2.24, 2.45) is 10.9 Å². The minimum Gasteiger partial charge on any atom is -0.490 e. The molecule has 0 aliphatic heterocycles. The fourth-order valence-electron chi connectivity index (χ4n) is 1.96. The van der Waals surface area contributed by atoms with Crippen LogP contribution in [0.2, 0.25) is 0 Å². The van der Waals surface area contributed by atoms with Gasteiger partial charge in [0.05, 0.1) is 17.7 Å². The number of nitrogens with zero attached hydrogens (tertiary/aromatic N) is 2. The summed E-state index contributed by atoms with van der Waals surface area (Å²) in [5.74, 6) is 0.522. The summed E-state index contributed by atoms with van der Waals surface area (Å²) in [5, 5.41) is 12.7. The summed E-state index contributed by atoms with van der Waals surface area (Å²) in [4.78, 5) is 4.29. The van der Waals surface area contributed by atoms with Gasteiger partial charge in [-0.1, -0.05) is 24.2 Å². The minimum absolute atomic E-state index is 0.0299. The highest BCUT2D eigenvalue weighted by atomic mass is 16.5. The summed E-state index contributed by atoms with van der Waals surface area (Å²) in [7, 11) is 0. The molecule has 0 saturated carbocycles. The number of amidine groups is 1. The van der Waals surface area contributed by atoms with E-state index in [4.69, 9.17) is 20.4 Å². The number of para-hydroxylation sites is 1. The lowest BCUT2D eigenvalue weighted by Gasteiger charge is -2.13. The molecule has 1 heterocycles. The fraction of sp³-hybridized carbons (Fsp3) is 0.333. The van der Waals surface area contributed by atoms with Crippen molar-refractivity contribution in [2.75, 3.05) is 19.8 Å². The predicted octanol–water partition coefficient (Wildman–Crippen LogP) is 2.13. The average Bonchev–Trinajstić information content (AvgIpc) is 2.53. The molecule has 21 heavy (non-hydrogen) atoms. The maximum Gasteiger partial charge on any atom is 0.175 e. The van der Waals surface area contributed by atoms with Crippen molar-refractivity contribution in [2.45, 2.75) is 13.3 Å². The molecule has 2 aromatic rings. The zero-order valence-electron chi connectivity index (χ0n) is 12.0. The average molecular weight is 289 g/mol. The number of ether oxygens (including phenoxy) is 2. The molecular weight excluding hydrogens is 270 g/mol. The van der Waals surface area contributed by atoms with Gasteiger partial charge in [0, 0.05) is 18.2 Å². The number of benzene rings is 1. The minimum atomic E-state index is -0.0299. The number of oxime groups is 1. The first kappa shape index (κ1) is 15.1. The molecule has 2 rings (SSSR count). The first-order chi connectivity index (χ1) is 10.3. The summed E-state index contributed by atoms with van der Waals surface area (Å²) < 4.78 is 11.2. The molecular formula is C15H19N3O3. The van der Waals surface area contributed by atoms with Crippen LogP contribution >= 0.6 is 0 Å². The fourth-order valence-corrected chi connectivity index (χ4v) is 1.96. The number of nitrogens with two attached hydrogens (primary N) is 1. The molecule has 3 N–H and O–H groups in total. The lowest BCUT2D eigenvalue weighted by Crippen LogP contribution is -2.17. The second-order valence-electron chi connectivity index (χ2n) is 4.46. The highest BCUT2D eigenvalue weighted by molar-refractivity contribution is 6.04. The first-order valence-corrected chi connectivity index (χ1v) is 6.84. The van der Waals surface area contributed by atoms with E-state index in [9.17, 15) is 0 Å². The Balaban J connectivity index is 2.28. The summed E-state index contributed by atoms with van der Waals surface area (Å²) in [6, 6.07) is 7.55. The summed E-state index contributed by atoms with van der Waals surface area (Å²) in [6.45, 7) is 3.63. The Morgan fingerprint density at radius 2 is 2.10 bits per heavy atom. The summed E-state index contributed by atoms with van der Waals surface area (Å²) >= 11 is 0. The first-order valence-electron chi connectivity index (χ1n) is 6.84. The Morgan fingerprint density at radius 1 is 1.29 bits per heavy atom. The van der Waals surface area contributed by atoms with Gasteiger partial charge in [0.15, 0.2) is 5.84 Å². The highest BCUT2D eigenvalue weighted by Crippen LogP contribution is 2.28. The van der Waals surface area contributed by atoms with E-state index in [1.54, 1.807) is 6.20 Å². The van der Waals surface area contributed by atoms with Crippen LogP contribution in [0.5, 0.6) is 5.75 Å². The van der Waals surface area contributed by atoms with Gasteiger partial charge in [-0.15, -0.1) is 0 Å². The molecule has 0 aliphatic rings. The second kappa shape index (κ2) is 7.44. The van der Waals surface area contributed by atoms with Crippen molar-refractivity contribution in [1.82, 2.24) is 4.98 Å². The molecule has 1 aromatic heterocycles. The van der Waals surface area contributed by atoms with Crippen molar-refractivity contribution < 1.29 is 14.7 Å². The molecule has 0 atom stereocenters. The number of aromatic nitrogens is 1. The Labute approximate surface area is 123 Å². The zero-order valence-corrected chi connectivity index (χ0v) is 12.0. The maximum atomic E-state index is 8.88. The lowest BCUT2D eigenvalue weighted by molar-refractivity contribution is 0.101. The third kappa shape index (κ3) is 3.61. The van der Waals surface area contributed by atoms with E-state index in [1.165, 1.54) is 0 Å². The standard InChI is InChI=1S/C15H19N3O3/c1-2-7-20-8-9-21-14-11-5-3-4-6-13(11)17-10-12(14)15(16)18-19/h3-6,10,19H,2,7-9H2,1H3,(H2,16,18). The largest absolute Gasteiger partial charge is 0.490 e. The van der Waals surface area contributed by atoms with E-state index >= 15 is 0 Å². The van der Waals surface area contributed by atoms with Gasteiger partial charge in [0.2, 0.25) is 0 Å². The van der Waals surface area contributed by atoms with Gasteiger partial charge >= 0.3 is 0 Å². The molecule has 0 fully saturated rings. The van der Waals surface area contributed by atoms with E-state index < -0.39 is 0 Å². The van der Waals surface area contributed by atoms with Crippen LogP contribution in [-0.2, 0) is 4.74 Å². The molecule has 0 saturated heterocycles. The molecule has 0 amide bonds. The highest BCUT2D eigenvalue weighted by Gasteiger charge is 2.13. The van der Waals surface area contributed by atoms with Gasteiger partial charge in [0.1, 0.15) is 12.4 Å². The van der Waals surface area contributed by atoms with Gasteiger partial charge in [-0.2, -0.15) is 0 Å². The van der Waals surface area contributed by atoms with Crippen LogP contribution in [0.25, 0.3) is 10.9 Å². The van der Waals surface area contributed by atoms with Gasteiger partial charge in [-0.25, -0.2) is 0 Å². The van der Waals surface area contributed by atoms with Crippen LogP contribution in [0.1, 0.15) is 18.9 Å². The SMILES string of the molecule is CCCOCCOc1c(C(N)=NO)cnc2ccccc12. The number of hydrogen-bond donors (Lipinski definition) is 2. The van der Waals surface area contributed by atoms with Gasteiger partial charge in [0.25, 0.3) is 0 Å². The van der Waals surface area contributed by atoms with Crippen molar-refractivity contribution >= 4 is 16.7 Å². The maximum absolute atomic E-state index is 8.88. The Kier molecular flexibility index (Phi) is 5.34. The predicted molar refractivity (Wildman–Crippen MR) is 80.9 cm³/mol. The van der Waals surface area contributed by atoms with E-state index in [0.717, 1.165) is 17.3 Å². The smallest absolute Gasteiger partial charge is 0.175 e. The number of pyridine rings is 1. The van der Waals surface area contributed by atoms with Gasteiger partial charge < -0.3 is 20.4 Å². The molecule has 1 aromatic carbocycles. The summed E-state index contributed by atoms with van der Waals surface area (Å²) in [6.07, 6.45) is 2.51. The molecule has 0 radical (unpaired) electrons. The van der Waals surface area contributed by atoms with Crippen LogP contribution in [-0.4, -0.2) is 35.8 Å². The monoisotopic (exact) mass is 289 g/mol. The van der Waals surface area contributed by atoms with Crippen molar-refractivity contribution in [3.05, 3.63) is 36.0 Å². The third-order valence-electron chi connectivity index (χ3n) is 2.93. The third-order valence-corrected chi connectivity index (χ3v) is 2.93. The molecule has 112 valence electrons. The van der Waals surface area contributed by atoms with Crippen molar-refractivity contribution in [3.8, 4) is 5.75 Å². The lowest BCUT2D eigenvalue weighted by atomic mass is 10.1. The van der Waals surface area contributed by atoms with Crippen LogP contribution in [0.3, 0.4) is 0 Å². The van der Waals surface area contributed by atoms with Crippen LogP contribution < -0.4 is 10.5 Å². The van der Waals surface area contributed by atoms with E-state index in [2.05, 4.69) is 10.1 Å². The van der Waals surface area contributed by atoms with E-state index in [1.807, 2.05) is 31.2 Å². The molecule has 6 nitrogen and oxygen atoms in total. The second-order valence-corrected chi connectivity index (χ2v) is 4.46. The number of fused-ring (bicyclic) bond motifs is 1. The van der Waals surface area contributed by atoms with Crippen LogP contribution in [0.15, 0.2) is 35.6 Å². The molecule has 0 spiro atoms. The topological polar surface area (TPSA) is 90.0 Å². The van der Waals surface area contributed by atoms with Crippen LogP contribution in [0.4, 0.5) is 0 Å². The van der Waals surface area contributed by atoms with E-state index in [-0.39, 0.29) is 5.84 Å². The molecule has 0 bridgehead atoms. The molecule has 0 unspecified atom stereocenters.